The van der Waals surface area contributed by atoms with Crippen LogP contribution in [0.4, 0.5) is 5.13 Å². The highest BCUT2D eigenvalue weighted by molar-refractivity contribution is 7.14. The lowest BCUT2D eigenvalue weighted by atomic mass is 10.2. The van der Waals surface area contributed by atoms with E-state index in [1.165, 1.54) is 25.6 Å². The van der Waals surface area contributed by atoms with E-state index < -0.39 is 5.97 Å². The van der Waals surface area contributed by atoms with E-state index in [9.17, 15) is 9.59 Å². The molecule has 4 N–H and O–H groups in total. The number of carbonyl (C=O) groups is 2. The lowest BCUT2D eigenvalue weighted by Crippen LogP contribution is -2.28. The number of aromatic nitrogens is 2. The van der Waals surface area contributed by atoms with Crippen LogP contribution in [0.1, 0.15) is 16.9 Å². The molecule has 2 heterocycles. The fourth-order valence-electron chi connectivity index (χ4n) is 1.87. The van der Waals surface area contributed by atoms with Crippen LogP contribution < -0.4 is 11.1 Å². The second-order valence-corrected chi connectivity index (χ2v) is 5.54. The molecule has 0 spiro atoms. The summed E-state index contributed by atoms with van der Waals surface area (Å²) >= 11 is 1.29. The third-order valence-electron chi connectivity index (χ3n) is 3.14. The molecule has 0 radical (unpaired) electrons. The number of thiazole rings is 1. The van der Waals surface area contributed by atoms with E-state index in [0.29, 0.717) is 16.5 Å². The number of hydrogen-bond donors (Lipinski definition) is 3. The number of methoxy groups -OCH3 is 2. The van der Waals surface area contributed by atoms with Gasteiger partial charge in [-0.3, -0.25) is 4.79 Å². The summed E-state index contributed by atoms with van der Waals surface area (Å²) in [6.45, 7) is 0.271. The van der Waals surface area contributed by atoms with Crippen LogP contribution in [0.25, 0.3) is 11.3 Å². The lowest BCUT2D eigenvalue weighted by Gasteiger charge is -2.11. The molecule has 2 aromatic heterocycles. The summed E-state index contributed by atoms with van der Waals surface area (Å²) in [6, 6.07) is 1.64. The molecule has 0 aliphatic heterocycles. The van der Waals surface area contributed by atoms with Crippen LogP contribution in [-0.4, -0.2) is 48.7 Å². The zero-order valence-electron chi connectivity index (χ0n) is 13.2. The fourth-order valence-corrected chi connectivity index (χ4v) is 2.61. The zero-order valence-corrected chi connectivity index (χ0v) is 14.8. The van der Waals surface area contributed by atoms with Crippen molar-refractivity contribution in [1.82, 2.24) is 9.97 Å². The Kier molecular flexibility index (Phi) is 7.86. The summed E-state index contributed by atoms with van der Waals surface area (Å²) < 4.78 is 9.70. The van der Waals surface area contributed by atoms with Crippen molar-refractivity contribution in [2.45, 2.75) is 12.5 Å². The minimum atomic E-state index is -0.451. The van der Waals surface area contributed by atoms with Crippen molar-refractivity contribution in [1.29, 1.82) is 0 Å². The van der Waals surface area contributed by atoms with Gasteiger partial charge < -0.3 is 25.5 Å². The van der Waals surface area contributed by atoms with Gasteiger partial charge in [-0.15, -0.1) is 23.7 Å². The minimum Gasteiger partial charge on any atom is -0.464 e. The number of nitrogens with one attached hydrogen (secondary N) is 2. The van der Waals surface area contributed by atoms with Crippen LogP contribution in [-0.2, 0) is 14.3 Å². The number of H-pyrrole nitrogens is 1. The molecule has 2 rings (SSSR count). The molecule has 10 heteroatoms. The van der Waals surface area contributed by atoms with Gasteiger partial charge in [0.25, 0.3) is 0 Å². The molecule has 8 nitrogen and oxygen atoms in total. The second kappa shape index (κ2) is 9.38. The van der Waals surface area contributed by atoms with Gasteiger partial charge in [-0.2, -0.15) is 0 Å². The van der Waals surface area contributed by atoms with Crippen molar-refractivity contribution in [3.63, 3.8) is 0 Å². The van der Waals surface area contributed by atoms with Crippen LogP contribution in [0, 0.1) is 0 Å². The number of hydrogen-bond acceptors (Lipinski definition) is 7. The number of ether oxygens (including phenoxy) is 2. The van der Waals surface area contributed by atoms with Crippen molar-refractivity contribution in [2.75, 3.05) is 26.1 Å². The Labute approximate surface area is 149 Å². The summed E-state index contributed by atoms with van der Waals surface area (Å²) in [4.78, 5) is 30.4. The topological polar surface area (TPSA) is 119 Å². The fraction of sp³-hybridized carbons (Fsp3) is 0.357. The minimum absolute atomic E-state index is 0. The van der Waals surface area contributed by atoms with Gasteiger partial charge in [0, 0.05) is 30.8 Å². The second-order valence-electron chi connectivity index (χ2n) is 4.68. The van der Waals surface area contributed by atoms with Crippen molar-refractivity contribution in [3.05, 3.63) is 23.3 Å². The SMILES string of the molecule is COC(=O)c1cc(-c2csc(NC(=O)CC(CN)OC)n2)c[nH]1.Cl. The van der Waals surface area contributed by atoms with E-state index in [-0.39, 0.29) is 37.4 Å². The number of aromatic amines is 1. The molecular weight excluding hydrogens is 356 g/mol. The monoisotopic (exact) mass is 374 g/mol. The van der Waals surface area contributed by atoms with Gasteiger partial charge >= 0.3 is 5.97 Å². The zero-order chi connectivity index (χ0) is 16.8. The van der Waals surface area contributed by atoms with Gasteiger partial charge in [0.1, 0.15) is 5.69 Å². The Balaban J connectivity index is 0.00000288. The first kappa shape index (κ1) is 20.1. The molecular formula is C14H19ClN4O4S. The third kappa shape index (κ3) is 5.03. The molecule has 1 unspecified atom stereocenters. The average Bonchev–Trinajstić information content (AvgIpc) is 3.20. The lowest BCUT2D eigenvalue weighted by molar-refractivity contribution is -0.118. The van der Waals surface area contributed by atoms with Crippen molar-refractivity contribution >= 4 is 40.8 Å². The Bertz CT molecular complexity index is 684. The van der Waals surface area contributed by atoms with E-state index in [1.54, 1.807) is 17.6 Å². The Morgan fingerprint density at radius 1 is 1.46 bits per heavy atom. The normalized spacial score (nSPS) is 11.5. The van der Waals surface area contributed by atoms with E-state index in [4.69, 9.17) is 10.5 Å². The van der Waals surface area contributed by atoms with E-state index >= 15 is 0 Å². The van der Waals surface area contributed by atoms with Crippen molar-refractivity contribution in [2.24, 2.45) is 5.73 Å². The number of anilines is 1. The van der Waals surface area contributed by atoms with Gasteiger partial charge in [-0.1, -0.05) is 0 Å². The largest absolute Gasteiger partial charge is 0.464 e. The maximum atomic E-state index is 11.9. The molecule has 0 fully saturated rings. The summed E-state index contributed by atoms with van der Waals surface area (Å²) in [6.07, 6.45) is 1.50. The summed E-state index contributed by atoms with van der Waals surface area (Å²) in [7, 11) is 2.82. The number of amides is 1. The highest BCUT2D eigenvalue weighted by Crippen LogP contribution is 2.25. The van der Waals surface area contributed by atoms with Gasteiger partial charge in [-0.25, -0.2) is 9.78 Å². The van der Waals surface area contributed by atoms with Crippen LogP contribution >= 0.6 is 23.7 Å². The third-order valence-corrected chi connectivity index (χ3v) is 3.90. The predicted octanol–water partition coefficient (Wildman–Crippen LogP) is 1.65. The summed E-state index contributed by atoms with van der Waals surface area (Å²) in [5.74, 6) is -0.667. The van der Waals surface area contributed by atoms with Crippen LogP contribution in [0.3, 0.4) is 0 Å². The molecule has 0 aliphatic rings. The number of carbonyl (C=O) groups excluding carboxylic acids is 2. The molecule has 1 amide bonds. The average molecular weight is 375 g/mol. The molecule has 132 valence electrons. The van der Waals surface area contributed by atoms with Gasteiger partial charge in [-0.05, 0) is 6.07 Å². The van der Waals surface area contributed by atoms with E-state index in [1.807, 2.05) is 0 Å². The first-order valence-corrected chi connectivity index (χ1v) is 7.70. The standard InChI is InChI=1S/C14H18N4O4S.ClH/c1-21-9(5-15)4-12(19)18-14-17-11(7-23-14)8-3-10(16-6-8)13(20)22-2;/h3,6-7,9,16H,4-5,15H2,1-2H3,(H,17,18,19);1H. The van der Waals surface area contributed by atoms with Gasteiger partial charge in [0.15, 0.2) is 5.13 Å². The molecule has 2 aromatic rings. The van der Waals surface area contributed by atoms with Crippen LogP contribution in [0.2, 0.25) is 0 Å². The Morgan fingerprint density at radius 3 is 2.83 bits per heavy atom. The predicted molar refractivity (Wildman–Crippen MR) is 93.6 cm³/mol. The van der Waals surface area contributed by atoms with Crippen molar-refractivity contribution < 1.29 is 19.1 Å². The Hall–Kier alpha value is -1.94. The number of rotatable bonds is 7. The number of halogens is 1. The van der Waals surface area contributed by atoms with Crippen LogP contribution in [0.5, 0.6) is 0 Å². The highest BCUT2D eigenvalue weighted by atomic mass is 35.5. The van der Waals surface area contributed by atoms with Crippen LogP contribution in [0.15, 0.2) is 17.6 Å². The number of nitrogens with two attached hydrogens (primary N) is 1. The molecule has 1 atom stereocenters. The van der Waals surface area contributed by atoms with E-state index in [2.05, 4.69) is 20.0 Å². The molecule has 24 heavy (non-hydrogen) atoms. The van der Waals surface area contributed by atoms with Crippen molar-refractivity contribution in [3.8, 4) is 11.3 Å². The smallest absolute Gasteiger partial charge is 0.354 e. The number of nitrogens with zero attached hydrogens (tertiary/aromatic N) is 1. The molecule has 0 aliphatic carbocycles. The Morgan fingerprint density at radius 2 is 2.21 bits per heavy atom. The van der Waals surface area contributed by atoms with E-state index in [0.717, 1.165) is 5.56 Å². The molecule has 0 saturated heterocycles. The highest BCUT2D eigenvalue weighted by Gasteiger charge is 2.15. The molecule has 0 aromatic carbocycles. The quantitative estimate of drug-likeness (QED) is 0.634. The maximum Gasteiger partial charge on any atom is 0.354 e. The van der Waals surface area contributed by atoms with Gasteiger partial charge in [0.2, 0.25) is 5.91 Å². The van der Waals surface area contributed by atoms with Gasteiger partial charge in [0.05, 0.1) is 25.3 Å². The maximum absolute atomic E-state index is 11.9. The molecule has 0 bridgehead atoms. The number of esters is 1. The summed E-state index contributed by atoms with van der Waals surface area (Å²) in [5, 5.41) is 4.96. The first-order chi connectivity index (χ1) is 11.1. The first-order valence-electron chi connectivity index (χ1n) is 6.82. The molecule has 0 saturated carbocycles. The summed E-state index contributed by atoms with van der Waals surface area (Å²) in [5.41, 5.74) is 7.21.